The molecule has 0 radical (unpaired) electrons. The molecule has 2 saturated carbocycles. The van der Waals surface area contributed by atoms with Gasteiger partial charge in [-0.25, -0.2) is 0 Å². The smallest absolute Gasteiger partial charge is 0.225 e. The van der Waals surface area contributed by atoms with Crippen molar-refractivity contribution in [3.8, 4) is 0 Å². The highest BCUT2D eigenvalue weighted by Gasteiger charge is 2.32. The summed E-state index contributed by atoms with van der Waals surface area (Å²) in [6, 6.07) is 0.244. The first-order valence-electron chi connectivity index (χ1n) is 11.2. The number of guanidine groups is 1. The molecular weight excluding hydrogens is 354 g/mol. The molecule has 0 aromatic carbocycles. The van der Waals surface area contributed by atoms with Crippen molar-refractivity contribution < 1.29 is 9.59 Å². The molecule has 0 bridgehead atoms. The quantitative estimate of drug-likeness (QED) is 0.365. The van der Waals surface area contributed by atoms with Crippen LogP contribution in [0.15, 0.2) is 4.99 Å². The van der Waals surface area contributed by atoms with E-state index in [4.69, 9.17) is 0 Å². The summed E-state index contributed by atoms with van der Waals surface area (Å²) in [6.07, 6.45) is 11.1. The van der Waals surface area contributed by atoms with Crippen LogP contribution in [0.5, 0.6) is 0 Å². The number of amides is 2. The fourth-order valence-electron chi connectivity index (χ4n) is 4.77. The van der Waals surface area contributed by atoms with Crippen molar-refractivity contribution in [1.82, 2.24) is 20.9 Å². The Hall–Kier alpha value is -1.79. The summed E-state index contributed by atoms with van der Waals surface area (Å²) in [5, 5.41) is 9.74. The molecule has 7 heteroatoms. The highest BCUT2D eigenvalue weighted by atomic mass is 16.2. The summed E-state index contributed by atoms with van der Waals surface area (Å²) in [5.74, 6) is 1.74. The number of likely N-dealkylation sites (tertiary alicyclic amines) is 1. The topological polar surface area (TPSA) is 85.8 Å². The Labute approximate surface area is 169 Å². The number of hydrogen-bond donors (Lipinski definition) is 3. The minimum atomic E-state index is 0.196. The summed E-state index contributed by atoms with van der Waals surface area (Å²) in [4.78, 5) is 31.0. The van der Waals surface area contributed by atoms with E-state index in [9.17, 15) is 9.59 Å². The van der Waals surface area contributed by atoms with Gasteiger partial charge in [-0.1, -0.05) is 32.1 Å². The summed E-state index contributed by atoms with van der Waals surface area (Å²) >= 11 is 0. The van der Waals surface area contributed by atoms with Crippen LogP contribution >= 0.6 is 0 Å². The second-order valence-corrected chi connectivity index (χ2v) is 8.52. The van der Waals surface area contributed by atoms with Crippen molar-refractivity contribution >= 4 is 17.8 Å². The third-order valence-corrected chi connectivity index (χ3v) is 6.46. The second-order valence-electron chi connectivity index (χ2n) is 8.52. The molecule has 1 aliphatic heterocycles. The van der Waals surface area contributed by atoms with E-state index in [2.05, 4.69) is 20.9 Å². The van der Waals surface area contributed by atoms with E-state index in [-0.39, 0.29) is 23.8 Å². The molecule has 3 fully saturated rings. The molecule has 3 rings (SSSR count). The van der Waals surface area contributed by atoms with Crippen molar-refractivity contribution in [2.45, 2.75) is 70.3 Å². The van der Waals surface area contributed by atoms with Crippen molar-refractivity contribution in [1.29, 1.82) is 0 Å². The van der Waals surface area contributed by atoms with Gasteiger partial charge in [0.2, 0.25) is 11.8 Å². The molecule has 158 valence electrons. The van der Waals surface area contributed by atoms with Crippen LogP contribution in [0, 0.1) is 11.8 Å². The van der Waals surface area contributed by atoms with Gasteiger partial charge < -0.3 is 20.9 Å². The summed E-state index contributed by atoms with van der Waals surface area (Å²) < 4.78 is 0. The number of nitrogens with one attached hydrogen (secondary N) is 3. The Balaban J connectivity index is 1.32. The van der Waals surface area contributed by atoms with Gasteiger partial charge in [-0.15, -0.1) is 0 Å². The standard InChI is InChI=1S/C21H37N5O2/c1-22-21(24-13-12-23-19(27)16-7-3-2-4-8-16)25-18-11-14-26(15-18)20(28)17-9-5-6-10-17/h16-18H,2-15H2,1H3,(H,23,27)(H2,22,24,25). The molecule has 1 saturated heterocycles. The van der Waals surface area contributed by atoms with Gasteiger partial charge in [0.05, 0.1) is 0 Å². The zero-order valence-corrected chi connectivity index (χ0v) is 17.3. The Morgan fingerprint density at radius 2 is 1.54 bits per heavy atom. The molecule has 1 atom stereocenters. The van der Waals surface area contributed by atoms with E-state index in [1.165, 1.54) is 32.1 Å². The average Bonchev–Trinajstić information content (AvgIpc) is 3.42. The SMILES string of the molecule is CN=C(NCCNC(=O)C1CCCCC1)NC1CCN(C(=O)C2CCCC2)C1. The lowest BCUT2D eigenvalue weighted by atomic mass is 9.89. The predicted octanol–water partition coefficient (Wildman–Crippen LogP) is 1.64. The number of hydrogen-bond acceptors (Lipinski definition) is 3. The number of carbonyl (C=O) groups excluding carboxylic acids is 2. The third-order valence-electron chi connectivity index (χ3n) is 6.46. The first-order valence-corrected chi connectivity index (χ1v) is 11.2. The minimum Gasteiger partial charge on any atom is -0.355 e. The van der Waals surface area contributed by atoms with Crippen LogP contribution < -0.4 is 16.0 Å². The zero-order valence-electron chi connectivity index (χ0n) is 17.3. The largest absolute Gasteiger partial charge is 0.355 e. The summed E-state index contributed by atoms with van der Waals surface area (Å²) in [6.45, 7) is 2.85. The zero-order chi connectivity index (χ0) is 19.8. The maximum absolute atomic E-state index is 12.6. The maximum Gasteiger partial charge on any atom is 0.225 e. The lowest BCUT2D eigenvalue weighted by Gasteiger charge is -2.22. The third kappa shape index (κ3) is 5.85. The number of nitrogens with zero attached hydrogens (tertiary/aromatic N) is 2. The molecule has 1 unspecified atom stereocenters. The molecule has 0 aromatic rings. The molecule has 3 N–H and O–H groups in total. The predicted molar refractivity (Wildman–Crippen MR) is 111 cm³/mol. The van der Waals surface area contributed by atoms with Crippen LogP contribution in [-0.4, -0.2) is 61.9 Å². The van der Waals surface area contributed by atoms with E-state index in [1.807, 2.05) is 4.90 Å². The lowest BCUT2D eigenvalue weighted by molar-refractivity contribution is -0.134. The Bertz CT molecular complexity index is 553. The summed E-state index contributed by atoms with van der Waals surface area (Å²) in [7, 11) is 1.76. The monoisotopic (exact) mass is 391 g/mol. The lowest BCUT2D eigenvalue weighted by Crippen LogP contribution is -2.47. The number of rotatable bonds is 6. The maximum atomic E-state index is 12.6. The van der Waals surface area contributed by atoms with E-state index < -0.39 is 0 Å². The molecule has 28 heavy (non-hydrogen) atoms. The molecule has 0 aromatic heterocycles. The van der Waals surface area contributed by atoms with Crippen molar-refractivity contribution in [3.63, 3.8) is 0 Å². The van der Waals surface area contributed by atoms with E-state index in [1.54, 1.807) is 7.05 Å². The normalized spacial score (nSPS) is 24.4. The van der Waals surface area contributed by atoms with Crippen LogP contribution in [0.3, 0.4) is 0 Å². The van der Waals surface area contributed by atoms with Gasteiger partial charge >= 0.3 is 0 Å². The first kappa shape index (κ1) is 20.9. The second kappa shape index (κ2) is 10.7. The van der Waals surface area contributed by atoms with E-state index in [0.717, 1.165) is 51.2 Å². The van der Waals surface area contributed by atoms with Crippen molar-refractivity contribution in [3.05, 3.63) is 0 Å². The van der Waals surface area contributed by atoms with Gasteiger partial charge in [0.25, 0.3) is 0 Å². The molecule has 2 amide bonds. The minimum absolute atomic E-state index is 0.196. The Morgan fingerprint density at radius 3 is 2.25 bits per heavy atom. The average molecular weight is 392 g/mol. The fourth-order valence-corrected chi connectivity index (χ4v) is 4.77. The summed E-state index contributed by atoms with van der Waals surface area (Å²) in [5.41, 5.74) is 0. The van der Waals surface area contributed by atoms with Crippen LogP contribution in [0.25, 0.3) is 0 Å². The molecule has 1 heterocycles. The number of aliphatic imine (C=N–C) groups is 1. The highest BCUT2D eigenvalue weighted by molar-refractivity contribution is 5.82. The van der Waals surface area contributed by atoms with Crippen molar-refractivity contribution in [2.75, 3.05) is 33.2 Å². The van der Waals surface area contributed by atoms with Gasteiger partial charge in [0.1, 0.15) is 0 Å². The van der Waals surface area contributed by atoms with Gasteiger partial charge in [-0.2, -0.15) is 0 Å². The van der Waals surface area contributed by atoms with Gasteiger partial charge in [0, 0.05) is 51.1 Å². The molecule has 7 nitrogen and oxygen atoms in total. The Kier molecular flexibility index (Phi) is 7.98. The molecule has 0 spiro atoms. The number of carbonyl (C=O) groups is 2. The van der Waals surface area contributed by atoms with E-state index in [0.29, 0.717) is 19.0 Å². The van der Waals surface area contributed by atoms with Crippen LogP contribution in [0.2, 0.25) is 0 Å². The van der Waals surface area contributed by atoms with E-state index >= 15 is 0 Å². The fraction of sp³-hybridized carbons (Fsp3) is 0.857. The first-order chi connectivity index (χ1) is 13.7. The van der Waals surface area contributed by atoms with Gasteiger partial charge in [-0.05, 0) is 32.1 Å². The molecular formula is C21H37N5O2. The molecule has 2 aliphatic carbocycles. The van der Waals surface area contributed by atoms with Crippen LogP contribution in [-0.2, 0) is 9.59 Å². The molecule has 3 aliphatic rings. The highest BCUT2D eigenvalue weighted by Crippen LogP contribution is 2.28. The van der Waals surface area contributed by atoms with Crippen LogP contribution in [0.1, 0.15) is 64.2 Å². The van der Waals surface area contributed by atoms with Crippen molar-refractivity contribution in [2.24, 2.45) is 16.8 Å². The Morgan fingerprint density at radius 1 is 0.893 bits per heavy atom. The van der Waals surface area contributed by atoms with Gasteiger partial charge in [0.15, 0.2) is 5.96 Å². The van der Waals surface area contributed by atoms with Gasteiger partial charge in [-0.3, -0.25) is 14.6 Å². The van der Waals surface area contributed by atoms with Crippen LogP contribution in [0.4, 0.5) is 0 Å².